The van der Waals surface area contributed by atoms with Crippen molar-refractivity contribution in [2.75, 3.05) is 6.54 Å². The van der Waals surface area contributed by atoms with Crippen LogP contribution in [0.25, 0.3) is 11.1 Å². The molecule has 1 saturated heterocycles. The molecule has 2 aromatic heterocycles. The molecule has 49 heavy (non-hydrogen) atoms. The van der Waals surface area contributed by atoms with Crippen LogP contribution in [0.15, 0.2) is 50.5 Å². The van der Waals surface area contributed by atoms with Gasteiger partial charge in [-0.05, 0) is 64.1 Å². The molecule has 264 valence electrons. The number of rotatable bonds is 12. The predicted octanol–water partition coefficient (Wildman–Crippen LogP) is 1.43. The lowest BCUT2D eigenvalue weighted by Gasteiger charge is -2.34. The summed E-state index contributed by atoms with van der Waals surface area (Å²) >= 11 is 0. The number of carbonyl (C=O) groups excluding carboxylic acids is 5. The highest BCUT2D eigenvalue weighted by atomic mass is 16.6. The molecule has 0 spiro atoms. The van der Waals surface area contributed by atoms with E-state index in [1.165, 1.54) is 13.8 Å². The molecule has 3 atom stereocenters. The second-order valence-corrected chi connectivity index (χ2v) is 13.9. The average Bonchev–Trinajstić information content (AvgIpc) is 3.67. The summed E-state index contributed by atoms with van der Waals surface area (Å²) in [6, 6.07) is 6.28. The van der Waals surface area contributed by atoms with E-state index in [2.05, 4.69) is 10.3 Å². The molecule has 0 bridgehead atoms. The topological polar surface area (TPSA) is 206 Å². The maximum Gasteiger partial charge on any atom is 0.331 e. The van der Waals surface area contributed by atoms with E-state index >= 15 is 0 Å². The third-order valence-corrected chi connectivity index (χ3v) is 8.50. The highest BCUT2D eigenvalue weighted by molar-refractivity contribution is 6.15. The van der Waals surface area contributed by atoms with Crippen LogP contribution in [0.2, 0.25) is 0 Å². The van der Waals surface area contributed by atoms with E-state index in [1.807, 2.05) is 13.8 Å². The van der Waals surface area contributed by atoms with Crippen LogP contribution in [-0.2, 0) is 37.0 Å². The van der Waals surface area contributed by atoms with Crippen LogP contribution in [0.3, 0.4) is 0 Å². The van der Waals surface area contributed by atoms with Gasteiger partial charge in [0.2, 0.25) is 11.7 Å². The quantitative estimate of drug-likeness (QED) is 0.158. The zero-order valence-electron chi connectivity index (χ0n) is 28.8. The first-order valence-electron chi connectivity index (χ1n) is 16.2. The smallest absolute Gasteiger partial charge is 0.331 e. The number of hydrogen-bond acceptors (Lipinski definition) is 12. The van der Waals surface area contributed by atoms with E-state index in [9.17, 15) is 33.6 Å². The number of ketones is 2. The number of benzene rings is 1. The van der Waals surface area contributed by atoms with E-state index in [1.54, 1.807) is 49.9 Å². The molecule has 0 radical (unpaired) electrons. The van der Waals surface area contributed by atoms with Crippen molar-refractivity contribution in [1.29, 1.82) is 0 Å². The molecule has 1 aliphatic rings. The van der Waals surface area contributed by atoms with Gasteiger partial charge in [0.05, 0.1) is 18.6 Å². The van der Waals surface area contributed by atoms with Gasteiger partial charge in [-0.25, -0.2) is 14.3 Å². The summed E-state index contributed by atoms with van der Waals surface area (Å²) in [6.07, 6.45) is 1.97. The lowest BCUT2D eigenvalue weighted by Crippen LogP contribution is -2.66. The van der Waals surface area contributed by atoms with E-state index < -0.39 is 82.8 Å². The van der Waals surface area contributed by atoms with Gasteiger partial charge in [0.15, 0.2) is 16.9 Å². The molecule has 15 heteroatoms. The highest BCUT2D eigenvalue weighted by Crippen LogP contribution is 2.28. The minimum absolute atomic E-state index is 0.0823. The molecule has 1 aromatic carbocycles. The van der Waals surface area contributed by atoms with Crippen LogP contribution in [0, 0.1) is 11.8 Å². The molecule has 0 unspecified atom stereocenters. The van der Waals surface area contributed by atoms with Gasteiger partial charge >= 0.3 is 11.7 Å². The fraction of sp³-hybridized carbons (Fsp3) is 0.529. The molecule has 3 aromatic rings. The van der Waals surface area contributed by atoms with E-state index in [4.69, 9.17) is 14.9 Å². The monoisotopic (exact) mass is 680 g/mol. The number of fused-ring (bicyclic) bond motifs is 1. The number of nitrogens with two attached hydrogens (primary N) is 1. The van der Waals surface area contributed by atoms with Crippen LogP contribution in [0.5, 0.6) is 0 Å². The van der Waals surface area contributed by atoms with Gasteiger partial charge < -0.3 is 14.9 Å². The van der Waals surface area contributed by atoms with Crippen LogP contribution >= 0.6 is 0 Å². The minimum atomic E-state index is -2.27. The molecular weight excluding hydrogens is 636 g/mol. The Hall–Kier alpha value is -4.76. The van der Waals surface area contributed by atoms with E-state index in [0.29, 0.717) is 35.1 Å². The number of para-hydroxylation sites is 2. The van der Waals surface area contributed by atoms with Crippen molar-refractivity contribution in [2.24, 2.45) is 17.6 Å². The van der Waals surface area contributed by atoms with Crippen molar-refractivity contribution in [3.63, 3.8) is 0 Å². The first kappa shape index (κ1) is 37.1. The number of aromatic nitrogens is 3. The number of carbonyl (C=O) groups is 5. The number of imide groups is 1. The highest BCUT2D eigenvalue weighted by Gasteiger charge is 2.48. The summed E-state index contributed by atoms with van der Waals surface area (Å²) in [5.74, 6) is -5.13. The summed E-state index contributed by atoms with van der Waals surface area (Å²) in [7, 11) is 0. The molecule has 3 heterocycles. The van der Waals surface area contributed by atoms with Crippen molar-refractivity contribution >= 4 is 40.4 Å². The SMILES string of the molecule is CC(C)[C@@H](C(=O)c1nc2ccccc2o1)N1CCC[C@H]1C(=O)NC(=O)[C@](N)(C(=O)Cn1ccc(=O)n(CC(=O)OC(C)(C)C)c1=O)C(C)C. The fourth-order valence-corrected chi connectivity index (χ4v) is 5.96. The van der Waals surface area contributed by atoms with Gasteiger partial charge in [-0.1, -0.05) is 39.8 Å². The summed E-state index contributed by atoms with van der Waals surface area (Å²) in [6.45, 7) is 10.6. The van der Waals surface area contributed by atoms with Crippen molar-refractivity contribution in [3.05, 3.63) is 63.3 Å². The number of esters is 1. The number of nitrogens with zero attached hydrogens (tertiary/aromatic N) is 4. The van der Waals surface area contributed by atoms with Crippen molar-refractivity contribution < 1.29 is 33.1 Å². The van der Waals surface area contributed by atoms with E-state index in [-0.39, 0.29) is 11.8 Å². The Balaban J connectivity index is 1.53. The maximum atomic E-state index is 13.7. The Bertz CT molecular complexity index is 1850. The minimum Gasteiger partial charge on any atom is -0.459 e. The number of likely N-dealkylation sites (tertiary alicyclic amines) is 1. The van der Waals surface area contributed by atoms with Gasteiger partial charge in [-0.2, -0.15) is 0 Å². The van der Waals surface area contributed by atoms with Gasteiger partial charge in [-0.3, -0.25) is 43.6 Å². The van der Waals surface area contributed by atoms with Crippen LogP contribution in [0.4, 0.5) is 0 Å². The van der Waals surface area contributed by atoms with Gasteiger partial charge in [0.1, 0.15) is 17.7 Å². The summed E-state index contributed by atoms with van der Waals surface area (Å²) in [5, 5.41) is 2.30. The number of nitrogens with one attached hydrogen (secondary N) is 1. The Kier molecular flexibility index (Phi) is 10.9. The Labute approximate surface area is 282 Å². The second kappa shape index (κ2) is 14.4. The molecule has 2 amide bonds. The molecule has 0 aliphatic carbocycles. The molecule has 15 nitrogen and oxygen atoms in total. The number of oxazole rings is 1. The van der Waals surface area contributed by atoms with Crippen molar-refractivity contribution in [1.82, 2.24) is 24.3 Å². The normalized spacial score (nSPS) is 17.2. The van der Waals surface area contributed by atoms with Crippen molar-refractivity contribution in [2.45, 2.75) is 97.6 Å². The Morgan fingerprint density at radius 1 is 1.04 bits per heavy atom. The predicted molar refractivity (Wildman–Crippen MR) is 177 cm³/mol. The number of Topliss-reactive ketones (excluding diaryl/α,β-unsaturated/α-hetero) is 2. The zero-order chi connectivity index (χ0) is 36.4. The lowest BCUT2D eigenvalue weighted by molar-refractivity contribution is -0.155. The maximum absolute atomic E-state index is 13.7. The molecular formula is C34H44N6O9. The molecule has 1 fully saturated rings. The molecule has 3 N–H and O–H groups in total. The molecule has 0 saturated carbocycles. The Morgan fingerprint density at radius 2 is 1.71 bits per heavy atom. The van der Waals surface area contributed by atoms with Crippen LogP contribution in [-0.4, -0.2) is 78.1 Å². The van der Waals surface area contributed by atoms with E-state index in [0.717, 1.165) is 16.8 Å². The summed E-state index contributed by atoms with van der Waals surface area (Å²) < 4.78 is 12.4. The van der Waals surface area contributed by atoms with Gasteiger partial charge in [0.25, 0.3) is 17.4 Å². The molecule has 1 aliphatic heterocycles. The standard InChI is InChI=1S/C34H44N6O9/c1-19(2)27(28(44)30-36-21-11-8-9-13-23(21)48-30)39-15-10-12-22(39)29(45)37-31(46)34(35,20(3)4)24(41)17-38-16-14-25(42)40(32(38)47)18-26(43)49-33(5,6)7/h8-9,11,13-14,16,19-20,22,27H,10,12,15,17-18,35H2,1-7H3,(H,37,45,46)/t22-,27-,34+/m0/s1. The van der Waals surface area contributed by atoms with Gasteiger partial charge in [-0.15, -0.1) is 0 Å². The Morgan fingerprint density at radius 3 is 2.33 bits per heavy atom. The fourth-order valence-electron chi connectivity index (χ4n) is 5.96. The third kappa shape index (κ3) is 7.94. The molecule has 4 rings (SSSR count). The lowest BCUT2D eigenvalue weighted by atomic mass is 9.82. The van der Waals surface area contributed by atoms with Crippen LogP contribution in [0.1, 0.15) is 72.0 Å². The first-order valence-corrected chi connectivity index (χ1v) is 16.2. The third-order valence-electron chi connectivity index (χ3n) is 8.50. The largest absolute Gasteiger partial charge is 0.459 e. The summed E-state index contributed by atoms with van der Waals surface area (Å²) in [5.41, 5.74) is 2.51. The average molecular weight is 681 g/mol. The second-order valence-electron chi connectivity index (χ2n) is 13.9. The number of amides is 2. The van der Waals surface area contributed by atoms with Crippen LogP contribution < -0.4 is 22.3 Å². The number of ether oxygens (including phenoxy) is 1. The zero-order valence-corrected chi connectivity index (χ0v) is 28.8. The number of hydrogen-bond donors (Lipinski definition) is 2. The summed E-state index contributed by atoms with van der Waals surface area (Å²) in [4.78, 5) is 98.6. The first-order chi connectivity index (χ1) is 22.8. The van der Waals surface area contributed by atoms with Crippen molar-refractivity contribution in [3.8, 4) is 0 Å². The van der Waals surface area contributed by atoms with Gasteiger partial charge in [0, 0.05) is 12.3 Å².